The van der Waals surface area contributed by atoms with E-state index in [-0.39, 0.29) is 6.10 Å². The lowest BCUT2D eigenvalue weighted by Crippen LogP contribution is -2.61. The smallest absolute Gasteiger partial charge is 0.338 e. The van der Waals surface area contributed by atoms with Gasteiger partial charge in [-0.3, -0.25) is 0 Å². The molecule has 0 saturated carbocycles. The maximum atomic E-state index is 12.0. The first-order valence-corrected chi connectivity index (χ1v) is 6.05. The molecular weight excluding hydrogens is 236 g/mol. The number of ether oxygens (including phenoxy) is 4. The molecule has 0 aromatic carbocycles. The maximum Gasteiger partial charge on any atom is 0.338 e. The highest BCUT2D eigenvalue weighted by atomic mass is 16.8. The number of carbonyl (C=O) groups excluding carboxylic acids is 1. The third kappa shape index (κ3) is 2.06. The molecule has 4 unspecified atom stereocenters. The van der Waals surface area contributed by atoms with E-state index < -0.39 is 29.6 Å². The van der Waals surface area contributed by atoms with E-state index in [0.29, 0.717) is 6.42 Å². The van der Waals surface area contributed by atoms with E-state index in [2.05, 4.69) is 6.58 Å². The highest BCUT2D eigenvalue weighted by Crippen LogP contribution is 2.41. The van der Waals surface area contributed by atoms with Crippen molar-refractivity contribution in [2.24, 2.45) is 0 Å². The van der Waals surface area contributed by atoms with E-state index in [1.165, 1.54) is 0 Å². The van der Waals surface area contributed by atoms with Crippen molar-refractivity contribution in [1.82, 2.24) is 0 Å². The van der Waals surface area contributed by atoms with Gasteiger partial charge < -0.3 is 18.9 Å². The van der Waals surface area contributed by atoms with Gasteiger partial charge in [0.2, 0.25) is 0 Å². The molecule has 0 bridgehead atoms. The summed E-state index contributed by atoms with van der Waals surface area (Å²) in [5.74, 6) is -1.20. The summed E-state index contributed by atoms with van der Waals surface area (Å²) in [5.41, 5.74) is -0.765. The van der Waals surface area contributed by atoms with Gasteiger partial charge in [0.1, 0.15) is 17.8 Å². The van der Waals surface area contributed by atoms with Crippen LogP contribution in [0.15, 0.2) is 12.7 Å². The third-order valence-electron chi connectivity index (χ3n) is 3.40. The molecule has 4 atom stereocenters. The number of methoxy groups -OCH3 is 1. The number of hydrogen-bond acceptors (Lipinski definition) is 5. The lowest BCUT2D eigenvalue weighted by atomic mass is 9.86. The van der Waals surface area contributed by atoms with Crippen molar-refractivity contribution in [3.05, 3.63) is 12.7 Å². The van der Waals surface area contributed by atoms with Gasteiger partial charge in [-0.25, -0.2) is 4.79 Å². The van der Waals surface area contributed by atoms with Crippen LogP contribution in [0.5, 0.6) is 0 Å². The lowest BCUT2D eigenvalue weighted by Gasteiger charge is -2.43. The Hall–Kier alpha value is -0.910. The van der Waals surface area contributed by atoms with Crippen LogP contribution in [0.4, 0.5) is 0 Å². The van der Waals surface area contributed by atoms with Gasteiger partial charge in [-0.05, 0) is 20.8 Å². The zero-order valence-corrected chi connectivity index (χ0v) is 11.3. The SMILES string of the molecule is C=CCC1(C)OC(=O)C2OC(C)(C)OC2C1OC. The quantitative estimate of drug-likeness (QED) is 0.564. The molecule has 0 N–H and O–H groups in total. The predicted octanol–water partition coefficient (Wildman–Crippen LogP) is 1.41. The largest absolute Gasteiger partial charge is 0.454 e. The number of fused-ring (bicyclic) bond motifs is 1. The number of carbonyl (C=O) groups is 1. The first-order chi connectivity index (χ1) is 8.33. The van der Waals surface area contributed by atoms with Crippen LogP contribution >= 0.6 is 0 Å². The first kappa shape index (κ1) is 13.5. The van der Waals surface area contributed by atoms with E-state index >= 15 is 0 Å². The summed E-state index contributed by atoms with van der Waals surface area (Å²) in [6.45, 7) is 9.06. The van der Waals surface area contributed by atoms with Crippen molar-refractivity contribution in [1.29, 1.82) is 0 Å². The second-order valence-corrected chi connectivity index (χ2v) is 5.40. The summed E-state index contributed by atoms with van der Waals surface area (Å²) in [6.07, 6.45) is 0.671. The minimum atomic E-state index is -0.801. The van der Waals surface area contributed by atoms with Crippen molar-refractivity contribution in [3.63, 3.8) is 0 Å². The molecular formula is C13H20O5. The summed E-state index contributed by atoms with van der Waals surface area (Å²) in [5, 5.41) is 0. The summed E-state index contributed by atoms with van der Waals surface area (Å²) in [7, 11) is 1.58. The second kappa shape index (κ2) is 4.33. The highest BCUT2D eigenvalue weighted by Gasteiger charge is 2.59. The van der Waals surface area contributed by atoms with Gasteiger partial charge in [0.25, 0.3) is 0 Å². The fourth-order valence-corrected chi connectivity index (χ4v) is 2.71. The van der Waals surface area contributed by atoms with Crippen LogP contribution in [-0.2, 0) is 23.7 Å². The molecule has 2 rings (SSSR count). The monoisotopic (exact) mass is 256 g/mol. The van der Waals surface area contributed by atoms with E-state index in [4.69, 9.17) is 18.9 Å². The molecule has 5 nitrogen and oxygen atoms in total. The van der Waals surface area contributed by atoms with E-state index in [1.54, 1.807) is 27.0 Å². The fourth-order valence-electron chi connectivity index (χ4n) is 2.71. The molecule has 2 fully saturated rings. The summed E-state index contributed by atoms with van der Waals surface area (Å²) < 4.78 is 22.3. The average molecular weight is 256 g/mol. The van der Waals surface area contributed by atoms with Gasteiger partial charge in [-0.1, -0.05) is 6.08 Å². The standard InChI is InChI=1S/C13H20O5/c1-6-7-13(4)10(15-5)8-9(11(14)18-13)17-12(2,3)16-8/h6,8-10H,1,7H2,2-5H3. The molecule has 5 heteroatoms. The van der Waals surface area contributed by atoms with E-state index in [1.807, 2.05) is 6.92 Å². The molecule has 2 saturated heterocycles. The Bertz CT molecular complexity index is 364. The molecule has 102 valence electrons. The molecule has 0 radical (unpaired) electrons. The molecule has 18 heavy (non-hydrogen) atoms. The summed E-state index contributed by atoms with van der Waals surface area (Å²) in [4.78, 5) is 12.0. The Kier molecular flexibility index (Phi) is 3.25. The molecule has 0 amide bonds. The van der Waals surface area contributed by atoms with Crippen molar-refractivity contribution >= 4 is 5.97 Å². The van der Waals surface area contributed by atoms with Crippen LogP contribution in [0.3, 0.4) is 0 Å². The molecule has 0 aliphatic carbocycles. The van der Waals surface area contributed by atoms with Crippen molar-refractivity contribution in [2.45, 2.75) is 56.9 Å². The van der Waals surface area contributed by atoms with Gasteiger partial charge in [0, 0.05) is 13.5 Å². The van der Waals surface area contributed by atoms with Crippen LogP contribution in [0.2, 0.25) is 0 Å². The Morgan fingerprint density at radius 1 is 1.39 bits per heavy atom. The molecule has 2 heterocycles. The van der Waals surface area contributed by atoms with Gasteiger partial charge in [0.05, 0.1) is 0 Å². The van der Waals surface area contributed by atoms with Crippen molar-refractivity contribution in [2.75, 3.05) is 7.11 Å². The number of cyclic esters (lactones) is 1. The average Bonchev–Trinajstić information content (AvgIpc) is 2.54. The molecule has 0 aromatic rings. The Balaban J connectivity index is 2.31. The minimum absolute atomic E-state index is 0.375. The Morgan fingerprint density at radius 2 is 2.06 bits per heavy atom. The zero-order chi connectivity index (χ0) is 13.6. The molecule has 2 aliphatic heterocycles. The molecule has 0 spiro atoms. The predicted molar refractivity (Wildman–Crippen MR) is 63.9 cm³/mol. The summed E-state index contributed by atoms with van der Waals surface area (Å²) in [6, 6.07) is 0. The zero-order valence-electron chi connectivity index (χ0n) is 11.3. The van der Waals surface area contributed by atoms with Gasteiger partial charge in [-0.15, -0.1) is 6.58 Å². The van der Waals surface area contributed by atoms with E-state index in [9.17, 15) is 4.79 Å². The maximum absolute atomic E-state index is 12.0. The summed E-state index contributed by atoms with van der Waals surface area (Å²) >= 11 is 0. The van der Waals surface area contributed by atoms with Crippen molar-refractivity contribution in [3.8, 4) is 0 Å². The van der Waals surface area contributed by atoms with Gasteiger partial charge in [-0.2, -0.15) is 0 Å². The second-order valence-electron chi connectivity index (χ2n) is 5.40. The van der Waals surface area contributed by atoms with Gasteiger partial charge >= 0.3 is 5.97 Å². The first-order valence-electron chi connectivity index (χ1n) is 6.05. The Morgan fingerprint density at radius 3 is 2.61 bits per heavy atom. The molecule has 0 aromatic heterocycles. The number of esters is 1. The van der Waals surface area contributed by atoms with Crippen LogP contribution in [0.25, 0.3) is 0 Å². The number of rotatable bonds is 3. The topological polar surface area (TPSA) is 54.0 Å². The third-order valence-corrected chi connectivity index (χ3v) is 3.40. The lowest BCUT2D eigenvalue weighted by molar-refractivity contribution is -0.214. The van der Waals surface area contributed by atoms with Crippen LogP contribution in [-0.4, -0.2) is 42.8 Å². The van der Waals surface area contributed by atoms with Crippen LogP contribution in [0.1, 0.15) is 27.2 Å². The molecule has 2 aliphatic rings. The Labute approximate surface area is 107 Å². The fraction of sp³-hybridized carbons (Fsp3) is 0.769. The van der Waals surface area contributed by atoms with Gasteiger partial charge in [0.15, 0.2) is 11.9 Å². The highest BCUT2D eigenvalue weighted by molar-refractivity contribution is 5.77. The normalized spacial score (nSPS) is 42.2. The van der Waals surface area contributed by atoms with E-state index in [0.717, 1.165) is 0 Å². The minimum Gasteiger partial charge on any atom is -0.454 e. The van der Waals surface area contributed by atoms with Crippen LogP contribution < -0.4 is 0 Å². The van der Waals surface area contributed by atoms with Crippen LogP contribution in [0, 0.1) is 0 Å². The van der Waals surface area contributed by atoms with Crippen molar-refractivity contribution < 1.29 is 23.7 Å². The number of hydrogen-bond donors (Lipinski definition) is 0.